The van der Waals surface area contributed by atoms with Gasteiger partial charge in [-0.2, -0.15) is 4.31 Å². The molecule has 2 saturated heterocycles. The van der Waals surface area contributed by atoms with Crippen LogP contribution in [0.4, 0.5) is 0 Å². The lowest BCUT2D eigenvalue weighted by Crippen LogP contribution is -2.59. The third-order valence-electron chi connectivity index (χ3n) is 13.4. The molecule has 2 heterocycles. The summed E-state index contributed by atoms with van der Waals surface area (Å²) < 4.78 is 30.2. The minimum atomic E-state index is -3.76. The molecule has 46 heavy (non-hydrogen) atoms. The number of carbonyl (C=O) groups is 2. The van der Waals surface area contributed by atoms with Crippen LogP contribution in [0.25, 0.3) is 0 Å². The summed E-state index contributed by atoms with van der Waals surface area (Å²) in [6, 6.07) is 8.76. The Morgan fingerprint density at radius 1 is 0.870 bits per heavy atom. The van der Waals surface area contributed by atoms with Gasteiger partial charge >= 0.3 is 0 Å². The molecule has 6 atom stereocenters. The molecule has 7 nitrogen and oxygen atoms in total. The van der Waals surface area contributed by atoms with Crippen molar-refractivity contribution in [3.8, 4) is 0 Å². The normalized spacial score (nSPS) is 35.7. The first-order chi connectivity index (χ1) is 22.2. The summed E-state index contributed by atoms with van der Waals surface area (Å²) in [7, 11) is -3.76. The molecule has 0 aromatic heterocycles. The molecule has 5 aliphatic rings. The number of carbonyl (C=O) groups excluding carboxylic acids is 2. The molecule has 1 aromatic rings. The molecule has 8 heteroatoms. The topological polar surface area (TPSA) is 95.6 Å². The Morgan fingerprint density at radius 2 is 1.46 bits per heavy atom. The maximum absolute atomic E-state index is 14.6. The first kappa shape index (κ1) is 34.0. The fourth-order valence-electron chi connectivity index (χ4n) is 11.1. The summed E-state index contributed by atoms with van der Waals surface area (Å²) in [6.07, 6.45) is 20.2. The lowest BCUT2D eigenvalue weighted by atomic mass is 9.55. The maximum atomic E-state index is 14.6. The van der Waals surface area contributed by atoms with E-state index >= 15 is 0 Å². The Hall–Kier alpha value is -1.93. The second-order valence-corrected chi connectivity index (χ2v) is 17.9. The van der Waals surface area contributed by atoms with Gasteiger partial charge < -0.3 is 10.6 Å². The van der Waals surface area contributed by atoms with E-state index < -0.39 is 15.9 Å². The summed E-state index contributed by atoms with van der Waals surface area (Å²) in [6.45, 7) is 5.01. The Bertz CT molecular complexity index is 1300. The van der Waals surface area contributed by atoms with E-state index in [0.717, 1.165) is 70.6 Å². The molecule has 256 valence electrons. The summed E-state index contributed by atoms with van der Waals surface area (Å²) in [5, 5.41) is 6.59. The number of hydrogen-bond donors (Lipinski definition) is 2. The second-order valence-electron chi connectivity index (χ2n) is 16.0. The summed E-state index contributed by atoms with van der Waals surface area (Å²) >= 11 is 0. The first-order valence-electron chi connectivity index (χ1n) is 18.8. The van der Waals surface area contributed by atoms with Crippen molar-refractivity contribution in [2.75, 3.05) is 13.1 Å². The van der Waals surface area contributed by atoms with E-state index in [0.29, 0.717) is 23.3 Å². The molecule has 2 amide bonds. The van der Waals surface area contributed by atoms with E-state index in [4.69, 9.17) is 0 Å². The zero-order chi connectivity index (χ0) is 32.4. The van der Waals surface area contributed by atoms with Crippen LogP contribution in [0.3, 0.4) is 0 Å². The average Bonchev–Trinajstić information content (AvgIpc) is 3.48. The summed E-state index contributed by atoms with van der Waals surface area (Å²) in [5.74, 6) is 0.166. The minimum Gasteiger partial charge on any atom is -0.355 e. The third-order valence-corrected chi connectivity index (χ3v) is 15.3. The zero-order valence-corrected chi connectivity index (χ0v) is 29.3. The van der Waals surface area contributed by atoms with Crippen molar-refractivity contribution in [1.29, 1.82) is 0 Å². The number of nitrogens with zero attached hydrogens (tertiary/aromatic N) is 1. The highest BCUT2D eigenvalue weighted by molar-refractivity contribution is 7.89. The number of benzene rings is 1. The summed E-state index contributed by atoms with van der Waals surface area (Å²) in [4.78, 5) is 28.7. The SMILES string of the molecule is CC1CC(C)(C2CCCCCCCC2)C(CNC(=O)C2CN(S(=O)(=O)c3ccccc3)C3CCCCC23C2CCCCC2)C(=O)N1. The van der Waals surface area contributed by atoms with Gasteiger partial charge in [-0.25, -0.2) is 8.42 Å². The molecule has 3 aliphatic carbocycles. The van der Waals surface area contributed by atoms with Crippen LogP contribution in [0.2, 0.25) is 0 Å². The van der Waals surface area contributed by atoms with Crippen molar-refractivity contribution in [2.45, 2.75) is 146 Å². The highest BCUT2D eigenvalue weighted by atomic mass is 32.2. The zero-order valence-electron chi connectivity index (χ0n) is 28.5. The van der Waals surface area contributed by atoms with Crippen LogP contribution in [-0.4, -0.2) is 49.7 Å². The predicted octanol–water partition coefficient (Wildman–Crippen LogP) is 7.21. The monoisotopic (exact) mass is 653 g/mol. The van der Waals surface area contributed by atoms with Gasteiger partial charge in [-0.05, 0) is 81.3 Å². The molecule has 5 fully saturated rings. The Balaban J connectivity index is 1.29. The summed E-state index contributed by atoms with van der Waals surface area (Å²) in [5.41, 5.74) is -0.527. The first-order valence-corrected chi connectivity index (χ1v) is 20.3. The number of amides is 2. The fraction of sp³-hybridized carbons (Fsp3) is 0.789. The standard InChI is InChI=1S/C38H59N3O4S/c1-28-25-37(2,29-17-9-5-3-4-6-10-18-29)32(36(43)40-28)26-39-35(42)33-27-41(46(44,45)31-21-13-8-14-22-31)34-23-15-16-24-38(33,34)30-19-11-7-12-20-30/h8,13-14,21-22,28-30,32-34H,3-7,9-12,15-20,23-27H2,1-2H3,(H,39,42)(H,40,43). The molecule has 6 unspecified atom stereocenters. The van der Waals surface area contributed by atoms with E-state index in [1.807, 2.05) is 6.07 Å². The molecule has 0 radical (unpaired) electrons. The van der Waals surface area contributed by atoms with Crippen LogP contribution in [0.15, 0.2) is 35.2 Å². The van der Waals surface area contributed by atoms with Crippen molar-refractivity contribution in [3.05, 3.63) is 30.3 Å². The van der Waals surface area contributed by atoms with Gasteiger partial charge in [0.2, 0.25) is 21.8 Å². The van der Waals surface area contributed by atoms with Crippen LogP contribution in [-0.2, 0) is 19.6 Å². The number of rotatable bonds is 7. The second kappa shape index (κ2) is 14.3. The Labute approximate surface area is 278 Å². The van der Waals surface area contributed by atoms with Gasteiger partial charge in [0.05, 0.1) is 16.7 Å². The van der Waals surface area contributed by atoms with Crippen LogP contribution in [0.1, 0.15) is 129 Å². The van der Waals surface area contributed by atoms with Gasteiger partial charge in [-0.3, -0.25) is 9.59 Å². The van der Waals surface area contributed by atoms with Crippen molar-refractivity contribution >= 4 is 21.8 Å². The van der Waals surface area contributed by atoms with Crippen LogP contribution < -0.4 is 10.6 Å². The molecule has 2 aliphatic heterocycles. The molecule has 3 saturated carbocycles. The van der Waals surface area contributed by atoms with Crippen LogP contribution >= 0.6 is 0 Å². The predicted molar refractivity (Wildman–Crippen MR) is 182 cm³/mol. The molecule has 0 spiro atoms. The van der Waals surface area contributed by atoms with Gasteiger partial charge in [-0.1, -0.05) is 95.8 Å². The number of piperidine rings is 1. The van der Waals surface area contributed by atoms with Crippen LogP contribution in [0, 0.1) is 34.5 Å². The third kappa shape index (κ3) is 6.43. The van der Waals surface area contributed by atoms with Crippen LogP contribution in [0.5, 0.6) is 0 Å². The van der Waals surface area contributed by atoms with Crippen molar-refractivity contribution in [1.82, 2.24) is 14.9 Å². The van der Waals surface area contributed by atoms with E-state index in [9.17, 15) is 18.0 Å². The molecule has 0 bridgehead atoms. The number of fused-ring (bicyclic) bond motifs is 1. The highest BCUT2D eigenvalue weighted by Gasteiger charge is 2.63. The van der Waals surface area contributed by atoms with E-state index in [1.165, 1.54) is 44.9 Å². The Morgan fingerprint density at radius 3 is 2.13 bits per heavy atom. The minimum absolute atomic E-state index is 0.0357. The van der Waals surface area contributed by atoms with E-state index in [-0.39, 0.29) is 47.2 Å². The maximum Gasteiger partial charge on any atom is 0.243 e. The quantitative estimate of drug-likeness (QED) is 0.325. The fourth-order valence-corrected chi connectivity index (χ4v) is 12.9. The van der Waals surface area contributed by atoms with E-state index in [1.54, 1.807) is 28.6 Å². The van der Waals surface area contributed by atoms with Gasteiger partial charge in [0.1, 0.15) is 0 Å². The van der Waals surface area contributed by atoms with Crippen molar-refractivity contribution < 1.29 is 18.0 Å². The van der Waals surface area contributed by atoms with Gasteiger partial charge in [-0.15, -0.1) is 0 Å². The number of nitrogens with one attached hydrogen (secondary N) is 2. The van der Waals surface area contributed by atoms with Gasteiger partial charge in [0.15, 0.2) is 0 Å². The van der Waals surface area contributed by atoms with Gasteiger partial charge in [0, 0.05) is 30.6 Å². The highest BCUT2D eigenvalue weighted by Crippen LogP contribution is 2.59. The van der Waals surface area contributed by atoms with Crippen molar-refractivity contribution in [3.63, 3.8) is 0 Å². The Kier molecular flexibility index (Phi) is 10.5. The van der Waals surface area contributed by atoms with Gasteiger partial charge in [0.25, 0.3) is 0 Å². The molecular weight excluding hydrogens is 595 g/mol. The largest absolute Gasteiger partial charge is 0.355 e. The smallest absolute Gasteiger partial charge is 0.243 e. The molecule has 2 N–H and O–H groups in total. The lowest BCUT2D eigenvalue weighted by Gasteiger charge is -2.50. The number of hydrogen-bond acceptors (Lipinski definition) is 4. The molecular formula is C38H59N3O4S. The lowest BCUT2D eigenvalue weighted by molar-refractivity contribution is -0.138. The van der Waals surface area contributed by atoms with E-state index in [2.05, 4.69) is 24.5 Å². The molecule has 6 rings (SSSR count). The molecule has 1 aromatic carbocycles. The number of sulfonamides is 1. The average molecular weight is 654 g/mol. The van der Waals surface area contributed by atoms with Crippen molar-refractivity contribution in [2.24, 2.45) is 34.5 Å².